The van der Waals surface area contributed by atoms with Crippen LogP contribution < -0.4 is 4.74 Å². The summed E-state index contributed by atoms with van der Waals surface area (Å²) in [7, 11) is 2.53. The summed E-state index contributed by atoms with van der Waals surface area (Å²) in [4.78, 5) is 41.3. The second-order valence-electron chi connectivity index (χ2n) is 6.54. The number of amidine groups is 1. The number of carbonyl (C=O) groups excluding carboxylic acids is 2. The van der Waals surface area contributed by atoms with Gasteiger partial charge in [-0.2, -0.15) is 0 Å². The summed E-state index contributed by atoms with van der Waals surface area (Å²) in [6, 6.07) is 10.4. The molecule has 11 heteroatoms. The Hall–Kier alpha value is -3.92. The number of methoxy groups -OCH3 is 2. The number of non-ortho nitro benzene ring substituents is 1. The van der Waals surface area contributed by atoms with E-state index in [1.54, 1.807) is 31.2 Å². The van der Waals surface area contributed by atoms with Crippen molar-refractivity contribution < 1.29 is 28.7 Å². The largest absolute Gasteiger partial charge is 0.468 e. The first-order chi connectivity index (χ1) is 15.3. The number of nitro benzene ring substituents is 1. The number of ether oxygens (including phenoxy) is 3. The zero-order valence-corrected chi connectivity index (χ0v) is 18.0. The smallest absolute Gasteiger partial charge is 0.424 e. The molecule has 0 bridgehead atoms. The van der Waals surface area contributed by atoms with Crippen molar-refractivity contribution in [2.45, 2.75) is 13.0 Å². The van der Waals surface area contributed by atoms with Crippen molar-refractivity contribution in [3.63, 3.8) is 0 Å². The van der Waals surface area contributed by atoms with Crippen LogP contribution in [0.15, 0.2) is 64.8 Å². The first kappa shape index (κ1) is 22.8. The molecule has 1 amide bonds. The van der Waals surface area contributed by atoms with Crippen molar-refractivity contribution in [2.24, 2.45) is 4.99 Å². The van der Waals surface area contributed by atoms with Gasteiger partial charge in [-0.3, -0.25) is 10.1 Å². The molecule has 32 heavy (non-hydrogen) atoms. The lowest BCUT2D eigenvalue weighted by atomic mass is 9.94. The van der Waals surface area contributed by atoms with E-state index in [1.165, 1.54) is 38.5 Å². The number of nitrogens with zero attached hydrogens (tertiary/aromatic N) is 3. The SMILES string of the molecule is COC(=O)C1=C(C)N=C(OC)N(C(=O)Oc2ccc([N+](=O)[O-])cc2)C1c1cccc(Cl)c1. The molecule has 2 aromatic rings. The van der Waals surface area contributed by atoms with Crippen LogP contribution in [0.5, 0.6) is 5.75 Å². The van der Waals surface area contributed by atoms with Crippen LogP contribution in [0.3, 0.4) is 0 Å². The minimum absolute atomic E-state index is 0.0480. The molecule has 0 aliphatic carbocycles. The van der Waals surface area contributed by atoms with Gasteiger partial charge in [-0.05, 0) is 36.8 Å². The van der Waals surface area contributed by atoms with E-state index in [2.05, 4.69) is 4.99 Å². The molecule has 1 aliphatic heterocycles. The van der Waals surface area contributed by atoms with Crippen LogP contribution in [0, 0.1) is 10.1 Å². The summed E-state index contributed by atoms with van der Waals surface area (Å²) in [6.45, 7) is 1.59. The van der Waals surface area contributed by atoms with Crippen molar-refractivity contribution in [1.29, 1.82) is 0 Å². The van der Waals surface area contributed by atoms with Crippen LogP contribution >= 0.6 is 11.6 Å². The summed E-state index contributed by atoms with van der Waals surface area (Å²) in [5, 5.41) is 11.2. The predicted octanol–water partition coefficient (Wildman–Crippen LogP) is 4.25. The maximum atomic E-state index is 13.2. The highest BCUT2D eigenvalue weighted by atomic mass is 35.5. The number of rotatable bonds is 4. The fourth-order valence-electron chi connectivity index (χ4n) is 3.17. The molecule has 1 heterocycles. The minimum Gasteiger partial charge on any atom is -0.468 e. The molecule has 3 rings (SSSR count). The van der Waals surface area contributed by atoms with Crippen molar-refractivity contribution in [3.8, 4) is 5.75 Å². The van der Waals surface area contributed by atoms with E-state index in [1.807, 2.05) is 0 Å². The quantitative estimate of drug-likeness (QED) is 0.380. The fourth-order valence-corrected chi connectivity index (χ4v) is 3.37. The summed E-state index contributed by atoms with van der Waals surface area (Å²) in [5.41, 5.74) is 0.710. The molecule has 1 unspecified atom stereocenters. The van der Waals surface area contributed by atoms with Crippen molar-refractivity contribution in [1.82, 2.24) is 4.90 Å². The number of esters is 1. The maximum Gasteiger partial charge on any atom is 0.424 e. The number of hydrogen-bond acceptors (Lipinski definition) is 8. The fraction of sp³-hybridized carbons (Fsp3) is 0.190. The van der Waals surface area contributed by atoms with Crippen LogP contribution in [0.4, 0.5) is 10.5 Å². The van der Waals surface area contributed by atoms with Crippen LogP contribution in [0.25, 0.3) is 0 Å². The van der Waals surface area contributed by atoms with Crippen LogP contribution in [-0.2, 0) is 14.3 Å². The summed E-state index contributed by atoms with van der Waals surface area (Å²) in [6.07, 6.45) is -0.932. The second-order valence-corrected chi connectivity index (χ2v) is 6.97. The molecule has 166 valence electrons. The van der Waals surface area contributed by atoms with Crippen molar-refractivity contribution in [2.75, 3.05) is 14.2 Å². The Balaban J connectivity index is 2.07. The van der Waals surface area contributed by atoms with Gasteiger partial charge >= 0.3 is 18.1 Å². The van der Waals surface area contributed by atoms with Gasteiger partial charge < -0.3 is 14.2 Å². The second kappa shape index (κ2) is 9.48. The Morgan fingerprint density at radius 2 is 1.84 bits per heavy atom. The molecule has 2 aromatic carbocycles. The Bertz CT molecular complexity index is 1130. The van der Waals surface area contributed by atoms with Gasteiger partial charge in [-0.25, -0.2) is 19.5 Å². The van der Waals surface area contributed by atoms with Crippen molar-refractivity contribution in [3.05, 3.63) is 80.5 Å². The average molecular weight is 460 g/mol. The molecular formula is C21H18ClN3O7. The number of allylic oxidation sites excluding steroid dienone is 1. The molecular weight excluding hydrogens is 442 g/mol. The lowest BCUT2D eigenvalue weighted by Gasteiger charge is -2.34. The number of carbonyl (C=O) groups is 2. The molecule has 1 atom stereocenters. The number of amides is 1. The third kappa shape index (κ3) is 4.54. The Morgan fingerprint density at radius 1 is 1.16 bits per heavy atom. The third-order valence-electron chi connectivity index (χ3n) is 4.59. The molecule has 10 nitrogen and oxygen atoms in total. The molecule has 0 saturated heterocycles. The van der Waals surface area contributed by atoms with E-state index in [9.17, 15) is 19.7 Å². The van der Waals surface area contributed by atoms with E-state index >= 15 is 0 Å². The molecule has 0 saturated carbocycles. The highest BCUT2D eigenvalue weighted by Gasteiger charge is 2.42. The van der Waals surface area contributed by atoms with Gasteiger partial charge in [0.05, 0.1) is 30.4 Å². The monoisotopic (exact) mass is 459 g/mol. The number of aliphatic imine (C=N–C) groups is 1. The molecule has 0 fully saturated rings. The number of nitro groups is 1. The molecule has 0 radical (unpaired) electrons. The van der Waals surface area contributed by atoms with Gasteiger partial charge in [0.25, 0.3) is 5.69 Å². The zero-order valence-electron chi connectivity index (χ0n) is 17.3. The summed E-state index contributed by atoms with van der Waals surface area (Å²) in [5.74, 6) is -0.647. The summed E-state index contributed by atoms with van der Waals surface area (Å²) < 4.78 is 15.6. The Labute approximate surface area is 187 Å². The van der Waals surface area contributed by atoms with Gasteiger partial charge in [-0.15, -0.1) is 0 Å². The zero-order chi connectivity index (χ0) is 23.4. The van der Waals surface area contributed by atoms with Gasteiger partial charge in [0, 0.05) is 17.2 Å². The van der Waals surface area contributed by atoms with E-state index in [0.29, 0.717) is 10.6 Å². The van der Waals surface area contributed by atoms with E-state index in [4.69, 9.17) is 25.8 Å². The van der Waals surface area contributed by atoms with Gasteiger partial charge in [0.2, 0.25) is 0 Å². The Kier molecular flexibility index (Phi) is 6.74. The number of hydrogen-bond donors (Lipinski definition) is 0. The first-order valence-electron chi connectivity index (χ1n) is 9.19. The molecule has 1 aliphatic rings. The molecule has 0 spiro atoms. The van der Waals surface area contributed by atoms with E-state index in [0.717, 1.165) is 4.90 Å². The average Bonchev–Trinajstić information content (AvgIpc) is 2.77. The lowest BCUT2D eigenvalue weighted by Crippen LogP contribution is -2.46. The van der Waals surface area contributed by atoms with Gasteiger partial charge in [0.15, 0.2) is 0 Å². The van der Waals surface area contributed by atoms with Crippen LogP contribution in [-0.4, -0.2) is 42.1 Å². The van der Waals surface area contributed by atoms with Crippen LogP contribution in [0.1, 0.15) is 18.5 Å². The number of benzene rings is 2. The number of halogens is 1. The highest BCUT2D eigenvalue weighted by molar-refractivity contribution is 6.30. The highest BCUT2D eigenvalue weighted by Crippen LogP contribution is 2.37. The molecule has 0 aromatic heterocycles. The van der Waals surface area contributed by atoms with E-state index < -0.39 is 23.0 Å². The first-order valence-corrected chi connectivity index (χ1v) is 9.57. The van der Waals surface area contributed by atoms with Crippen molar-refractivity contribution >= 4 is 35.4 Å². The lowest BCUT2D eigenvalue weighted by molar-refractivity contribution is -0.384. The standard InChI is InChI=1S/C21H18ClN3O7/c1-12-17(19(26)30-2)18(13-5-4-6-14(22)11-13)24(20(23-12)31-3)21(27)32-16-9-7-15(8-10-16)25(28)29/h4-11,18H,1-3H3. The third-order valence-corrected chi connectivity index (χ3v) is 4.83. The van der Waals surface area contributed by atoms with Gasteiger partial charge in [-0.1, -0.05) is 23.7 Å². The minimum atomic E-state index is -1.01. The van der Waals surface area contributed by atoms with Crippen LogP contribution in [0.2, 0.25) is 5.02 Å². The molecule has 0 N–H and O–H groups in total. The van der Waals surface area contributed by atoms with E-state index in [-0.39, 0.29) is 28.7 Å². The predicted molar refractivity (Wildman–Crippen MR) is 114 cm³/mol. The maximum absolute atomic E-state index is 13.2. The normalized spacial score (nSPS) is 15.7. The summed E-state index contributed by atoms with van der Waals surface area (Å²) >= 11 is 6.15. The van der Waals surface area contributed by atoms with Gasteiger partial charge in [0.1, 0.15) is 11.8 Å². The topological polar surface area (TPSA) is 121 Å². The Morgan fingerprint density at radius 3 is 2.41 bits per heavy atom.